The molecule has 0 saturated carbocycles. The van der Waals surface area contributed by atoms with Crippen molar-refractivity contribution in [2.24, 2.45) is 0 Å². The molecule has 0 saturated heterocycles. The van der Waals surface area contributed by atoms with Crippen LogP contribution in [0.1, 0.15) is 0 Å². The van der Waals surface area contributed by atoms with Gasteiger partial charge in [-0.2, -0.15) is 0 Å². The molecule has 12 nitrogen and oxygen atoms in total. The number of nitrogens with zero attached hydrogens (tertiary/aromatic N) is 12. The molecule has 378 valence electrons. The Bertz CT molecular complexity index is 5140. The molecule has 12 heteroatoms. The standard InChI is InChI=1S/C70H38N12/c1-2-6-52-51(5-1)61(49-31-45-19-17-43-29-47(33-75-63(43)65(45)77-35-49)39-9-13-41(14-10-39)59-37-79-69-57(81-59)23-21-55-67(69)73-27-25-71-55)53-7-3-4-8-54(53)62(52)50-32-46-20-18-44-30-48(34-76-64(44)66(46)78-36-50)40-11-15-42(16-12-40)60-38-80-70-58(82-60)24-22-56-68(70)74-28-26-72-56/h1-38H. The molecule has 0 atom stereocenters. The van der Waals surface area contributed by atoms with E-state index in [1.165, 1.54) is 0 Å². The van der Waals surface area contributed by atoms with Crippen LogP contribution < -0.4 is 0 Å². The van der Waals surface area contributed by atoms with Gasteiger partial charge in [0, 0.05) is 105 Å². The fourth-order valence-electron chi connectivity index (χ4n) is 11.9. The molecule has 0 spiro atoms. The van der Waals surface area contributed by atoms with E-state index >= 15 is 0 Å². The lowest BCUT2D eigenvalue weighted by molar-refractivity contribution is 1.26. The number of hydrogen-bond donors (Lipinski definition) is 0. The van der Waals surface area contributed by atoms with Crippen molar-refractivity contribution in [1.29, 1.82) is 0 Å². The summed E-state index contributed by atoms with van der Waals surface area (Å²) in [5.74, 6) is 0. The summed E-state index contributed by atoms with van der Waals surface area (Å²) in [4.78, 5) is 57.5. The first kappa shape index (κ1) is 45.5. The average Bonchev–Trinajstić information content (AvgIpc) is 3.51. The quantitative estimate of drug-likeness (QED) is 0.115. The molecule has 17 aromatic rings. The van der Waals surface area contributed by atoms with Crippen molar-refractivity contribution in [1.82, 2.24) is 59.8 Å². The Labute approximate surface area is 465 Å². The molecule has 0 radical (unpaired) electrons. The maximum absolute atomic E-state index is 5.17. The van der Waals surface area contributed by atoms with Crippen LogP contribution in [-0.4, -0.2) is 59.8 Å². The number of aromatic nitrogens is 12. The molecule has 82 heavy (non-hydrogen) atoms. The van der Waals surface area contributed by atoms with E-state index < -0.39 is 0 Å². The van der Waals surface area contributed by atoms with Gasteiger partial charge in [0.05, 0.1) is 67.9 Å². The monoisotopic (exact) mass is 1050 g/mol. The van der Waals surface area contributed by atoms with Crippen molar-refractivity contribution in [3.63, 3.8) is 0 Å². The van der Waals surface area contributed by atoms with E-state index in [1.54, 1.807) is 37.2 Å². The van der Waals surface area contributed by atoms with Gasteiger partial charge in [-0.1, -0.05) is 121 Å². The first-order chi connectivity index (χ1) is 40.6. The fourth-order valence-corrected chi connectivity index (χ4v) is 11.9. The zero-order valence-electron chi connectivity index (χ0n) is 43.3. The highest BCUT2D eigenvalue weighted by atomic mass is 14.9. The van der Waals surface area contributed by atoms with E-state index in [0.717, 1.165) is 176 Å². The molecule has 0 bridgehead atoms. The number of benzene rings is 9. The largest absolute Gasteiger partial charge is 0.253 e. The van der Waals surface area contributed by atoms with E-state index in [2.05, 4.69) is 166 Å². The minimum atomic E-state index is 0.739. The molecule has 8 aromatic heterocycles. The third-order valence-corrected chi connectivity index (χ3v) is 15.8. The van der Waals surface area contributed by atoms with Crippen LogP contribution in [0.25, 0.3) is 176 Å². The maximum Gasteiger partial charge on any atom is 0.117 e. The van der Waals surface area contributed by atoms with Crippen molar-refractivity contribution in [2.45, 2.75) is 0 Å². The molecule has 0 unspecified atom stereocenters. The molecular weight excluding hydrogens is 1010 g/mol. The molecule has 0 aliphatic carbocycles. The Morgan fingerprint density at radius 2 is 0.512 bits per heavy atom. The van der Waals surface area contributed by atoms with Crippen LogP contribution >= 0.6 is 0 Å². The Morgan fingerprint density at radius 1 is 0.207 bits per heavy atom. The molecule has 0 amide bonds. The van der Waals surface area contributed by atoms with E-state index in [0.29, 0.717) is 0 Å². The maximum atomic E-state index is 5.17. The van der Waals surface area contributed by atoms with Crippen LogP contribution in [0.3, 0.4) is 0 Å². The van der Waals surface area contributed by atoms with Crippen LogP contribution in [0.5, 0.6) is 0 Å². The summed E-state index contributed by atoms with van der Waals surface area (Å²) in [6.07, 6.45) is 18.2. The van der Waals surface area contributed by atoms with E-state index in [9.17, 15) is 0 Å². The third kappa shape index (κ3) is 7.32. The highest BCUT2D eigenvalue weighted by Crippen LogP contribution is 2.45. The van der Waals surface area contributed by atoms with Gasteiger partial charge in [0.1, 0.15) is 22.1 Å². The minimum Gasteiger partial charge on any atom is -0.253 e. The molecule has 9 aromatic carbocycles. The van der Waals surface area contributed by atoms with Crippen molar-refractivity contribution in [3.8, 4) is 67.0 Å². The average molecular weight is 1050 g/mol. The second-order valence-electron chi connectivity index (χ2n) is 20.5. The van der Waals surface area contributed by atoms with Gasteiger partial charge in [0.25, 0.3) is 0 Å². The topological polar surface area (TPSA) is 155 Å². The molecule has 0 aliphatic heterocycles. The number of fused-ring (bicyclic) bond motifs is 14. The summed E-state index contributed by atoms with van der Waals surface area (Å²) in [5.41, 5.74) is 21.6. The summed E-state index contributed by atoms with van der Waals surface area (Å²) in [6.45, 7) is 0. The lowest BCUT2D eigenvalue weighted by Crippen LogP contribution is -1.94. The first-order valence-electron chi connectivity index (χ1n) is 26.9. The van der Waals surface area contributed by atoms with Gasteiger partial charge in [0.2, 0.25) is 0 Å². The molecule has 0 fully saturated rings. The Hall–Kier alpha value is -11.5. The van der Waals surface area contributed by atoms with Gasteiger partial charge in [-0.05, 0) is 92.3 Å². The zero-order valence-corrected chi connectivity index (χ0v) is 43.3. The van der Waals surface area contributed by atoms with Gasteiger partial charge in [-0.25, -0.2) is 19.9 Å². The van der Waals surface area contributed by atoms with Crippen molar-refractivity contribution in [2.75, 3.05) is 0 Å². The second kappa shape index (κ2) is 18.0. The van der Waals surface area contributed by atoms with Crippen molar-refractivity contribution in [3.05, 3.63) is 232 Å². The van der Waals surface area contributed by atoms with Crippen LogP contribution in [-0.2, 0) is 0 Å². The first-order valence-corrected chi connectivity index (χ1v) is 26.9. The molecule has 0 aliphatic rings. The van der Waals surface area contributed by atoms with Gasteiger partial charge in [0.15, 0.2) is 0 Å². The summed E-state index contributed by atoms with van der Waals surface area (Å²) in [7, 11) is 0. The van der Waals surface area contributed by atoms with Gasteiger partial charge >= 0.3 is 0 Å². The number of rotatable bonds is 6. The smallest absolute Gasteiger partial charge is 0.117 e. The van der Waals surface area contributed by atoms with Crippen molar-refractivity contribution < 1.29 is 0 Å². The van der Waals surface area contributed by atoms with E-state index in [-0.39, 0.29) is 0 Å². The highest BCUT2D eigenvalue weighted by molar-refractivity contribution is 6.22. The highest BCUT2D eigenvalue weighted by Gasteiger charge is 2.20. The predicted octanol–water partition coefficient (Wildman–Crippen LogP) is 16.0. The second-order valence-corrected chi connectivity index (χ2v) is 20.5. The van der Waals surface area contributed by atoms with E-state index in [4.69, 9.17) is 39.9 Å². The Kier molecular flexibility index (Phi) is 10.0. The van der Waals surface area contributed by atoms with E-state index in [1.807, 2.05) is 49.1 Å². The molecular formula is C70H38N12. The predicted molar refractivity (Wildman–Crippen MR) is 328 cm³/mol. The summed E-state index contributed by atoms with van der Waals surface area (Å²) < 4.78 is 0. The Balaban J connectivity index is 0.671. The number of pyridine rings is 4. The zero-order chi connectivity index (χ0) is 53.8. The van der Waals surface area contributed by atoms with Crippen LogP contribution in [0.4, 0.5) is 0 Å². The lowest BCUT2D eigenvalue weighted by Gasteiger charge is -2.18. The summed E-state index contributed by atoms with van der Waals surface area (Å²) >= 11 is 0. The summed E-state index contributed by atoms with van der Waals surface area (Å²) in [6, 6.07) is 59.4. The molecule has 0 N–H and O–H groups in total. The van der Waals surface area contributed by atoms with Gasteiger partial charge in [-0.15, -0.1) is 0 Å². The van der Waals surface area contributed by atoms with Gasteiger partial charge < -0.3 is 0 Å². The fraction of sp³-hybridized carbons (Fsp3) is 0. The minimum absolute atomic E-state index is 0.739. The normalized spacial score (nSPS) is 11.9. The summed E-state index contributed by atoms with van der Waals surface area (Å²) in [5, 5.41) is 8.62. The van der Waals surface area contributed by atoms with Gasteiger partial charge in [-0.3, -0.25) is 39.9 Å². The third-order valence-electron chi connectivity index (χ3n) is 15.8. The lowest BCUT2D eigenvalue weighted by atomic mass is 9.86. The van der Waals surface area contributed by atoms with Crippen LogP contribution in [0.15, 0.2) is 232 Å². The number of hydrogen-bond acceptors (Lipinski definition) is 12. The SMILES string of the molecule is c1ccc2c(-c3cnc4c(ccc5cc(-c6ccc(-c7cnc8c(ccc9nccnc98)n7)cc6)cnc54)c3)c3ccccc3c(-c3cnc4c(ccc5cc(-c6ccc(-c7cnc8c(ccc9nccnc98)n7)cc6)cnc54)c3)c2c1. The van der Waals surface area contributed by atoms with Crippen LogP contribution in [0.2, 0.25) is 0 Å². The molecule has 8 heterocycles. The molecule has 17 rings (SSSR count). The van der Waals surface area contributed by atoms with Crippen molar-refractivity contribution >= 4 is 109 Å². The van der Waals surface area contributed by atoms with Crippen LogP contribution in [0, 0.1) is 0 Å². The Morgan fingerprint density at radius 3 is 0.902 bits per heavy atom.